The zero-order chi connectivity index (χ0) is 11.4. The molecule has 0 aromatic carbocycles. The van der Waals surface area contributed by atoms with Gasteiger partial charge in [-0.1, -0.05) is 0 Å². The molecule has 0 saturated heterocycles. The van der Waals surface area contributed by atoms with E-state index in [1.807, 2.05) is 0 Å². The van der Waals surface area contributed by atoms with Crippen molar-refractivity contribution in [1.29, 1.82) is 0 Å². The number of rotatable bonds is 6. The van der Waals surface area contributed by atoms with Crippen LogP contribution in [0.2, 0.25) is 0 Å². The first-order valence-electron chi connectivity index (χ1n) is 5.79. The van der Waals surface area contributed by atoms with E-state index < -0.39 is 0 Å². The number of nitrogens with one attached hydrogen (secondary N) is 2. The molecule has 0 radical (unpaired) electrons. The lowest BCUT2D eigenvalue weighted by atomic mass is 10.3. The molecule has 1 aromatic rings. The maximum Gasteiger partial charge on any atom is 0.221 e. The largest absolute Gasteiger partial charge is 0.353 e. The second-order valence-corrected chi connectivity index (χ2v) is 5.65. The number of amides is 1. The molecule has 2 N–H and O–H groups in total. The fraction of sp³-hybridized carbons (Fsp3) is 0.583. The number of hydrogen-bond donors (Lipinski definition) is 2. The molecule has 1 fully saturated rings. The van der Waals surface area contributed by atoms with Crippen molar-refractivity contribution < 1.29 is 4.79 Å². The third-order valence-electron chi connectivity index (χ3n) is 2.57. The standard InChI is InChI=1S/C12H18N2OS/c1-9-2-5-11(16-9)8-13-7-6-12(15)14-10-3-4-10/h2,5,10,13H,3-4,6-8H2,1H3,(H,14,15). The Morgan fingerprint density at radius 2 is 2.31 bits per heavy atom. The Bertz CT molecular complexity index is 358. The van der Waals surface area contributed by atoms with Crippen molar-refractivity contribution in [3.8, 4) is 0 Å². The van der Waals surface area contributed by atoms with Crippen LogP contribution in [0.1, 0.15) is 29.0 Å². The Kier molecular flexibility index (Phi) is 3.96. The van der Waals surface area contributed by atoms with Gasteiger partial charge in [0.05, 0.1) is 0 Å². The van der Waals surface area contributed by atoms with Gasteiger partial charge < -0.3 is 10.6 Å². The first kappa shape index (κ1) is 11.6. The molecule has 2 rings (SSSR count). The Morgan fingerprint density at radius 3 is 2.94 bits per heavy atom. The van der Waals surface area contributed by atoms with Crippen LogP contribution >= 0.6 is 11.3 Å². The van der Waals surface area contributed by atoms with Crippen molar-refractivity contribution in [2.24, 2.45) is 0 Å². The van der Waals surface area contributed by atoms with E-state index >= 15 is 0 Å². The molecule has 0 unspecified atom stereocenters. The van der Waals surface area contributed by atoms with Gasteiger partial charge in [0.1, 0.15) is 0 Å². The second-order valence-electron chi connectivity index (χ2n) is 4.28. The molecular formula is C12H18N2OS. The lowest BCUT2D eigenvalue weighted by Gasteiger charge is -2.04. The van der Waals surface area contributed by atoms with Gasteiger partial charge in [-0.2, -0.15) is 0 Å². The molecule has 0 spiro atoms. The lowest BCUT2D eigenvalue weighted by Crippen LogP contribution is -2.28. The van der Waals surface area contributed by atoms with Crippen LogP contribution in [0.15, 0.2) is 12.1 Å². The van der Waals surface area contributed by atoms with E-state index in [9.17, 15) is 4.79 Å². The molecule has 4 heteroatoms. The maximum atomic E-state index is 11.4. The summed E-state index contributed by atoms with van der Waals surface area (Å²) in [5, 5.41) is 6.27. The van der Waals surface area contributed by atoms with E-state index in [-0.39, 0.29) is 5.91 Å². The molecule has 0 bridgehead atoms. The fourth-order valence-corrected chi connectivity index (χ4v) is 2.38. The summed E-state index contributed by atoms with van der Waals surface area (Å²) in [7, 11) is 0. The number of carbonyl (C=O) groups excluding carboxylic acids is 1. The molecule has 0 atom stereocenters. The van der Waals surface area contributed by atoms with E-state index in [1.54, 1.807) is 11.3 Å². The third kappa shape index (κ3) is 3.94. The molecule has 0 aliphatic heterocycles. The first-order valence-corrected chi connectivity index (χ1v) is 6.61. The topological polar surface area (TPSA) is 41.1 Å². The van der Waals surface area contributed by atoms with Gasteiger partial charge in [0.25, 0.3) is 0 Å². The quantitative estimate of drug-likeness (QED) is 0.742. The summed E-state index contributed by atoms with van der Waals surface area (Å²) in [5.74, 6) is 0.178. The highest BCUT2D eigenvalue weighted by atomic mass is 32.1. The van der Waals surface area contributed by atoms with Crippen molar-refractivity contribution in [3.63, 3.8) is 0 Å². The molecule has 1 saturated carbocycles. The van der Waals surface area contributed by atoms with Crippen LogP contribution in [0, 0.1) is 6.92 Å². The molecule has 1 amide bonds. The zero-order valence-corrected chi connectivity index (χ0v) is 10.4. The average molecular weight is 238 g/mol. The van der Waals surface area contributed by atoms with Gasteiger partial charge in [-0.15, -0.1) is 11.3 Å². The summed E-state index contributed by atoms with van der Waals surface area (Å²) in [6.07, 6.45) is 2.90. The summed E-state index contributed by atoms with van der Waals surface area (Å²) < 4.78 is 0. The molecule has 88 valence electrons. The SMILES string of the molecule is Cc1ccc(CNCCC(=O)NC2CC2)s1. The van der Waals surface area contributed by atoms with Crippen LogP contribution < -0.4 is 10.6 Å². The third-order valence-corrected chi connectivity index (χ3v) is 3.57. The number of carbonyl (C=O) groups is 1. The number of hydrogen-bond acceptors (Lipinski definition) is 3. The van der Waals surface area contributed by atoms with E-state index in [0.29, 0.717) is 12.5 Å². The Hall–Kier alpha value is -0.870. The monoisotopic (exact) mass is 238 g/mol. The highest BCUT2D eigenvalue weighted by Crippen LogP contribution is 2.18. The smallest absolute Gasteiger partial charge is 0.221 e. The molecule has 1 aliphatic rings. The summed E-state index contributed by atoms with van der Waals surface area (Å²) in [6.45, 7) is 3.74. The Balaban J connectivity index is 1.55. The van der Waals surface area contributed by atoms with Crippen LogP contribution in [0.5, 0.6) is 0 Å². The molecule has 16 heavy (non-hydrogen) atoms. The first-order chi connectivity index (χ1) is 7.74. The van der Waals surface area contributed by atoms with Crippen molar-refractivity contribution in [1.82, 2.24) is 10.6 Å². The molecule has 1 aliphatic carbocycles. The molecule has 1 heterocycles. The highest BCUT2D eigenvalue weighted by molar-refractivity contribution is 7.11. The highest BCUT2D eigenvalue weighted by Gasteiger charge is 2.22. The fourth-order valence-electron chi connectivity index (χ4n) is 1.52. The van der Waals surface area contributed by atoms with Gasteiger partial charge in [0.2, 0.25) is 5.91 Å². The van der Waals surface area contributed by atoms with Crippen molar-refractivity contribution in [2.75, 3.05) is 6.54 Å². The minimum absolute atomic E-state index is 0.178. The predicted molar refractivity (Wildman–Crippen MR) is 66.5 cm³/mol. The van der Waals surface area contributed by atoms with Gasteiger partial charge >= 0.3 is 0 Å². The van der Waals surface area contributed by atoms with Crippen LogP contribution in [0.4, 0.5) is 0 Å². The van der Waals surface area contributed by atoms with Crippen LogP contribution in [-0.4, -0.2) is 18.5 Å². The lowest BCUT2D eigenvalue weighted by molar-refractivity contribution is -0.121. The average Bonchev–Trinajstić information content (AvgIpc) is 2.95. The van der Waals surface area contributed by atoms with Crippen molar-refractivity contribution in [3.05, 3.63) is 21.9 Å². The minimum atomic E-state index is 0.178. The Labute approximate surface area is 100 Å². The second kappa shape index (κ2) is 5.46. The van der Waals surface area contributed by atoms with Gasteiger partial charge in [-0.25, -0.2) is 0 Å². The summed E-state index contributed by atoms with van der Waals surface area (Å²) in [4.78, 5) is 14.0. The van der Waals surface area contributed by atoms with Crippen LogP contribution in [-0.2, 0) is 11.3 Å². The van der Waals surface area contributed by atoms with E-state index in [4.69, 9.17) is 0 Å². The predicted octanol–water partition coefficient (Wildman–Crippen LogP) is 1.81. The number of aryl methyl sites for hydroxylation is 1. The van der Waals surface area contributed by atoms with Gasteiger partial charge in [0.15, 0.2) is 0 Å². The summed E-state index contributed by atoms with van der Waals surface area (Å²) in [5.41, 5.74) is 0. The van der Waals surface area contributed by atoms with E-state index in [1.165, 1.54) is 9.75 Å². The Morgan fingerprint density at radius 1 is 1.50 bits per heavy atom. The number of thiophene rings is 1. The molecule has 1 aromatic heterocycles. The van der Waals surface area contributed by atoms with Gasteiger partial charge in [0, 0.05) is 35.3 Å². The maximum absolute atomic E-state index is 11.4. The van der Waals surface area contributed by atoms with E-state index in [0.717, 1.165) is 25.9 Å². The molecule has 3 nitrogen and oxygen atoms in total. The van der Waals surface area contributed by atoms with Crippen molar-refractivity contribution >= 4 is 17.2 Å². The van der Waals surface area contributed by atoms with Crippen LogP contribution in [0.3, 0.4) is 0 Å². The van der Waals surface area contributed by atoms with Gasteiger partial charge in [-0.05, 0) is 31.9 Å². The van der Waals surface area contributed by atoms with Gasteiger partial charge in [-0.3, -0.25) is 4.79 Å². The summed E-state index contributed by atoms with van der Waals surface area (Å²) in [6, 6.07) is 4.74. The van der Waals surface area contributed by atoms with E-state index in [2.05, 4.69) is 29.7 Å². The minimum Gasteiger partial charge on any atom is -0.353 e. The normalized spacial score (nSPS) is 15.1. The summed E-state index contributed by atoms with van der Waals surface area (Å²) >= 11 is 1.80. The van der Waals surface area contributed by atoms with Crippen LogP contribution in [0.25, 0.3) is 0 Å². The zero-order valence-electron chi connectivity index (χ0n) is 9.58. The van der Waals surface area contributed by atoms with Crippen molar-refractivity contribution in [2.45, 2.75) is 38.8 Å². The molecular weight excluding hydrogens is 220 g/mol.